The van der Waals surface area contributed by atoms with E-state index in [-0.39, 0.29) is 11.8 Å². The van der Waals surface area contributed by atoms with E-state index >= 15 is 0 Å². The van der Waals surface area contributed by atoms with Crippen LogP contribution in [0.5, 0.6) is 0 Å². The van der Waals surface area contributed by atoms with Crippen LogP contribution in [0.15, 0.2) is 23.0 Å². The normalized spacial score (nSPS) is 20.2. The lowest BCUT2D eigenvalue weighted by atomic mass is 9.96. The molecule has 1 atom stereocenters. The maximum absolute atomic E-state index is 12.7. The van der Waals surface area contributed by atoms with Crippen molar-refractivity contribution in [1.82, 2.24) is 14.7 Å². The summed E-state index contributed by atoms with van der Waals surface area (Å²) < 4.78 is 7.60. The first-order chi connectivity index (χ1) is 11.7. The second-order valence-electron chi connectivity index (χ2n) is 6.92. The van der Waals surface area contributed by atoms with Gasteiger partial charge in [0.2, 0.25) is 5.91 Å². The molecule has 1 aliphatic carbocycles. The summed E-state index contributed by atoms with van der Waals surface area (Å²) >= 11 is 1.64. The Morgan fingerprint density at radius 1 is 1.46 bits per heavy atom. The molecule has 2 aromatic rings. The Morgan fingerprint density at radius 3 is 3.04 bits per heavy atom. The minimum absolute atomic E-state index is 0.190. The van der Waals surface area contributed by atoms with Crippen molar-refractivity contribution in [3.63, 3.8) is 0 Å². The molecule has 1 aliphatic heterocycles. The van der Waals surface area contributed by atoms with E-state index < -0.39 is 0 Å². The molecule has 128 valence electrons. The van der Waals surface area contributed by atoms with Crippen LogP contribution in [0.1, 0.15) is 35.6 Å². The van der Waals surface area contributed by atoms with Crippen LogP contribution in [0.3, 0.4) is 0 Å². The number of fused-ring (bicyclic) bond motifs is 1. The van der Waals surface area contributed by atoms with Gasteiger partial charge in [-0.2, -0.15) is 16.4 Å². The highest BCUT2D eigenvalue weighted by Gasteiger charge is 2.33. The predicted octanol–water partition coefficient (Wildman–Crippen LogP) is 2.67. The van der Waals surface area contributed by atoms with Crippen molar-refractivity contribution in [2.75, 3.05) is 20.3 Å². The molecule has 1 saturated carbocycles. The van der Waals surface area contributed by atoms with E-state index in [1.165, 1.54) is 24.1 Å². The lowest BCUT2D eigenvalue weighted by Crippen LogP contribution is -2.40. The number of hydrogen-bond acceptors (Lipinski definition) is 4. The summed E-state index contributed by atoms with van der Waals surface area (Å²) in [6.07, 6.45) is 5.06. The third kappa shape index (κ3) is 3.26. The van der Waals surface area contributed by atoms with Crippen molar-refractivity contribution in [3.8, 4) is 0 Å². The Hall–Kier alpha value is -1.66. The third-order valence-corrected chi connectivity index (χ3v) is 5.66. The standard InChI is InChI=1S/C18H23N3O2S/c1-23-11-16-10-20(17(22)6-14-4-5-24-12-14)9-15-7-19-21(18(15)16)8-13-2-3-13/h4-5,7,12-13,16H,2-3,6,8-11H2,1H3/t16-/m1/s1. The molecule has 1 amide bonds. The van der Waals surface area contributed by atoms with E-state index in [4.69, 9.17) is 4.74 Å². The van der Waals surface area contributed by atoms with Crippen LogP contribution in [-0.2, 0) is 29.0 Å². The zero-order valence-electron chi connectivity index (χ0n) is 14.0. The third-order valence-electron chi connectivity index (χ3n) is 4.93. The van der Waals surface area contributed by atoms with Crippen LogP contribution in [0, 0.1) is 5.92 Å². The summed E-state index contributed by atoms with van der Waals surface area (Å²) in [6.45, 7) is 3.04. The van der Waals surface area contributed by atoms with Crippen molar-refractivity contribution in [3.05, 3.63) is 39.8 Å². The van der Waals surface area contributed by atoms with Crippen LogP contribution < -0.4 is 0 Å². The SMILES string of the molecule is COC[C@H]1CN(C(=O)Cc2ccsc2)Cc2cnn(CC3CC3)c21. The van der Waals surface area contributed by atoms with Crippen LogP contribution in [-0.4, -0.2) is 40.8 Å². The molecule has 4 rings (SSSR count). The lowest BCUT2D eigenvalue weighted by molar-refractivity contribution is -0.132. The van der Waals surface area contributed by atoms with E-state index in [1.807, 2.05) is 27.9 Å². The van der Waals surface area contributed by atoms with Gasteiger partial charge in [0.15, 0.2) is 0 Å². The van der Waals surface area contributed by atoms with E-state index in [9.17, 15) is 4.79 Å². The molecule has 0 N–H and O–H groups in total. The molecule has 0 bridgehead atoms. The first-order valence-corrected chi connectivity index (χ1v) is 9.51. The molecule has 2 aliphatic rings. The summed E-state index contributed by atoms with van der Waals surface area (Å²) in [7, 11) is 1.73. The molecule has 0 spiro atoms. The maximum Gasteiger partial charge on any atom is 0.227 e. The lowest BCUT2D eigenvalue weighted by Gasteiger charge is -2.33. The largest absolute Gasteiger partial charge is 0.384 e. The first kappa shape index (κ1) is 15.8. The second-order valence-corrected chi connectivity index (χ2v) is 7.70. The molecule has 1 fully saturated rings. The van der Waals surface area contributed by atoms with E-state index in [1.54, 1.807) is 18.4 Å². The average molecular weight is 345 g/mol. The molecule has 2 aromatic heterocycles. The van der Waals surface area contributed by atoms with Crippen LogP contribution >= 0.6 is 11.3 Å². The van der Waals surface area contributed by atoms with Gasteiger partial charge in [-0.1, -0.05) is 0 Å². The van der Waals surface area contributed by atoms with Gasteiger partial charge in [-0.3, -0.25) is 9.48 Å². The summed E-state index contributed by atoms with van der Waals surface area (Å²) in [5, 5.41) is 8.67. The summed E-state index contributed by atoms with van der Waals surface area (Å²) in [6, 6.07) is 2.03. The van der Waals surface area contributed by atoms with Crippen LogP contribution in [0.2, 0.25) is 0 Å². The zero-order chi connectivity index (χ0) is 16.5. The van der Waals surface area contributed by atoms with Crippen molar-refractivity contribution in [2.45, 2.75) is 38.3 Å². The Balaban J connectivity index is 1.53. The van der Waals surface area contributed by atoms with Gasteiger partial charge in [0, 0.05) is 38.2 Å². The molecule has 24 heavy (non-hydrogen) atoms. The monoisotopic (exact) mass is 345 g/mol. The Morgan fingerprint density at radius 2 is 2.33 bits per heavy atom. The Bertz CT molecular complexity index is 706. The number of aromatic nitrogens is 2. The highest BCUT2D eigenvalue weighted by atomic mass is 32.1. The fourth-order valence-electron chi connectivity index (χ4n) is 3.54. The minimum atomic E-state index is 0.190. The number of methoxy groups -OCH3 is 1. The van der Waals surface area contributed by atoms with Crippen molar-refractivity contribution in [1.29, 1.82) is 0 Å². The van der Waals surface area contributed by atoms with Gasteiger partial charge in [0.25, 0.3) is 0 Å². The number of carbonyl (C=O) groups excluding carboxylic acids is 1. The molecule has 3 heterocycles. The van der Waals surface area contributed by atoms with Crippen molar-refractivity contribution >= 4 is 17.2 Å². The number of amides is 1. The number of ether oxygens (including phenoxy) is 1. The molecule has 0 saturated heterocycles. The maximum atomic E-state index is 12.7. The summed E-state index contributed by atoms with van der Waals surface area (Å²) in [4.78, 5) is 14.6. The van der Waals surface area contributed by atoms with Gasteiger partial charge in [0.05, 0.1) is 24.9 Å². The first-order valence-electron chi connectivity index (χ1n) is 8.57. The summed E-state index contributed by atoms with van der Waals surface area (Å²) in [5.41, 5.74) is 3.56. The predicted molar refractivity (Wildman–Crippen MR) is 93.0 cm³/mol. The van der Waals surface area contributed by atoms with Crippen LogP contribution in [0.4, 0.5) is 0 Å². The Labute approximate surface area is 146 Å². The molecule has 6 heteroatoms. The van der Waals surface area contributed by atoms with Gasteiger partial charge >= 0.3 is 0 Å². The quantitative estimate of drug-likeness (QED) is 0.809. The Kier molecular flexibility index (Phi) is 4.41. The fourth-order valence-corrected chi connectivity index (χ4v) is 4.21. The topological polar surface area (TPSA) is 47.4 Å². The van der Waals surface area contributed by atoms with Gasteiger partial charge in [-0.25, -0.2) is 0 Å². The molecular formula is C18H23N3O2S. The van der Waals surface area contributed by atoms with E-state index in [0.29, 0.717) is 19.6 Å². The molecular weight excluding hydrogens is 322 g/mol. The summed E-state index contributed by atoms with van der Waals surface area (Å²) in [5.74, 6) is 1.19. The van der Waals surface area contributed by atoms with Crippen LogP contribution in [0.25, 0.3) is 0 Å². The fraction of sp³-hybridized carbons (Fsp3) is 0.556. The van der Waals surface area contributed by atoms with Crippen molar-refractivity contribution in [2.24, 2.45) is 5.92 Å². The number of rotatable bonds is 6. The molecule has 5 nitrogen and oxygen atoms in total. The van der Waals surface area contributed by atoms with Gasteiger partial charge in [-0.05, 0) is 41.1 Å². The number of nitrogens with zero attached hydrogens (tertiary/aromatic N) is 3. The highest BCUT2D eigenvalue weighted by molar-refractivity contribution is 7.07. The smallest absolute Gasteiger partial charge is 0.227 e. The van der Waals surface area contributed by atoms with Gasteiger partial charge in [0.1, 0.15) is 0 Å². The highest BCUT2D eigenvalue weighted by Crippen LogP contribution is 2.34. The van der Waals surface area contributed by atoms with E-state index in [2.05, 4.69) is 9.78 Å². The second kappa shape index (κ2) is 6.69. The number of hydrogen-bond donors (Lipinski definition) is 0. The zero-order valence-corrected chi connectivity index (χ0v) is 14.8. The van der Waals surface area contributed by atoms with Crippen molar-refractivity contribution < 1.29 is 9.53 Å². The molecule has 0 aromatic carbocycles. The van der Waals surface area contributed by atoms with Gasteiger partial charge < -0.3 is 9.64 Å². The number of carbonyl (C=O) groups is 1. The molecule has 0 unspecified atom stereocenters. The number of thiophene rings is 1. The van der Waals surface area contributed by atoms with Gasteiger partial charge in [-0.15, -0.1) is 0 Å². The molecule has 0 radical (unpaired) electrons. The van der Waals surface area contributed by atoms with E-state index in [0.717, 1.165) is 24.6 Å². The average Bonchev–Trinajstić information content (AvgIpc) is 3.06. The minimum Gasteiger partial charge on any atom is -0.384 e.